The van der Waals surface area contributed by atoms with Crippen molar-refractivity contribution in [1.82, 2.24) is 14.7 Å². The summed E-state index contributed by atoms with van der Waals surface area (Å²) in [4.78, 5) is 16.8. The van der Waals surface area contributed by atoms with Gasteiger partial charge < -0.3 is 9.09 Å². The maximum atomic E-state index is 12.6. The molecular formula is C22H16N4O2. The van der Waals surface area contributed by atoms with E-state index in [-0.39, 0.29) is 18.1 Å². The fourth-order valence-electron chi connectivity index (χ4n) is 2.93. The van der Waals surface area contributed by atoms with E-state index in [0.717, 1.165) is 16.8 Å². The Kier molecular flexibility index (Phi) is 4.81. The topological polar surface area (TPSA) is 84.7 Å². The number of rotatable bonds is 6. The molecule has 4 rings (SSSR count). The van der Waals surface area contributed by atoms with Crippen LogP contribution in [0.3, 0.4) is 0 Å². The summed E-state index contributed by atoms with van der Waals surface area (Å²) >= 11 is 0. The minimum absolute atomic E-state index is 0.120. The lowest BCUT2D eigenvalue weighted by molar-refractivity contribution is 0.0935. The quantitative estimate of drug-likeness (QED) is 0.482. The van der Waals surface area contributed by atoms with E-state index in [1.807, 2.05) is 42.5 Å². The molecule has 6 heteroatoms. The molecule has 0 saturated heterocycles. The zero-order valence-corrected chi connectivity index (χ0v) is 14.9. The average Bonchev–Trinajstić information content (AvgIpc) is 3.39. The Morgan fingerprint density at radius 2 is 1.89 bits per heavy atom. The van der Waals surface area contributed by atoms with Crippen molar-refractivity contribution in [2.45, 2.75) is 13.0 Å². The number of aromatic nitrogens is 3. The molecule has 0 unspecified atom stereocenters. The standard InChI is InChI=1S/C22H16N4O2/c23-12-17-8-6-16(7-9-17)10-19-13-24-15-26(19)14-21(27)22-11-20(25-28-22)18-4-2-1-3-5-18/h1-9,11,13,15H,10,14H2. The van der Waals surface area contributed by atoms with Gasteiger partial charge in [-0.25, -0.2) is 4.98 Å². The highest BCUT2D eigenvalue weighted by Crippen LogP contribution is 2.19. The van der Waals surface area contributed by atoms with Crippen molar-refractivity contribution >= 4 is 5.78 Å². The Bertz CT molecular complexity index is 1140. The summed E-state index contributed by atoms with van der Waals surface area (Å²) in [6.45, 7) is 0.120. The Hall–Kier alpha value is -3.98. The van der Waals surface area contributed by atoms with Crippen LogP contribution in [0.15, 0.2) is 77.7 Å². The number of ketones is 1. The molecule has 0 saturated carbocycles. The molecule has 2 aromatic heterocycles. The van der Waals surface area contributed by atoms with Gasteiger partial charge >= 0.3 is 0 Å². The lowest BCUT2D eigenvalue weighted by Gasteiger charge is -2.06. The number of hydrogen-bond donors (Lipinski definition) is 0. The van der Waals surface area contributed by atoms with Crippen molar-refractivity contribution in [3.63, 3.8) is 0 Å². The molecule has 0 bridgehead atoms. The first-order chi connectivity index (χ1) is 13.7. The number of hydrogen-bond acceptors (Lipinski definition) is 5. The lowest BCUT2D eigenvalue weighted by atomic mass is 10.1. The molecule has 0 spiro atoms. The number of carbonyl (C=O) groups is 1. The van der Waals surface area contributed by atoms with E-state index in [1.165, 1.54) is 0 Å². The monoisotopic (exact) mass is 368 g/mol. The van der Waals surface area contributed by atoms with Crippen molar-refractivity contribution in [2.24, 2.45) is 0 Å². The number of benzene rings is 2. The largest absolute Gasteiger partial charge is 0.352 e. The minimum atomic E-state index is -0.172. The maximum Gasteiger partial charge on any atom is 0.220 e. The third kappa shape index (κ3) is 3.74. The summed E-state index contributed by atoms with van der Waals surface area (Å²) in [6, 6.07) is 20.7. The van der Waals surface area contributed by atoms with Gasteiger partial charge in [-0.05, 0) is 17.7 Å². The molecule has 136 valence electrons. The second-order valence-corrected chi connectivity index (χ2v) is 6.36. The molecule has 0 N–H and O–H groups in total. The Labute approximate surface area is 161 Å². The summed E-state index contributed by atoms with van der Waals surface area (Å²) in [7, 11) is 0. The van der Waals surface area contributed by atoms with Gasteiger partial charge in [0.25, 0.3) is 0 Å². The van der Waals surface area contributed by atoms with Crippen LogP contribution in [-0.4, -0.2) is 20.5 Å². The first-order valence-electron chi connectivity index (χ1n) is 8.76. The number of carbonyl (C=O) groups excluding carboxylic acids is 1. The molecule has 0 aliphatic carbocycles. The van der Waals surface area contributed by atoms with Gasteiger partial charge in [-0.1, -0.05) is 47.6 Å². The molecule has 0 fully saturated rings. The summed E-state index contributed by atoms with van der Waals surface area (Å²) in [5.74, 6) is 0.0469. The number of nitrogens with zero attached hydrogens (tertiary/aromatic N) is 4. The van der Waals surface area contributed by atoms with Crippen LogP contribution in [0.4, 0.5) is 0 Å². The molecule has 2 aromatic carbocycles. The molecule has 6 nitrogen and oxygen atoms in total. The van der Waals surface area contributed by atoms with Gasteiger partial charge in [0.05, 0.1) is 24.5 Å². The van der Waals surface area contributed by atoms with Gasteiger partial charge in [-0.3, -0.25) is 4.79 Å². The minimum Gasteiger partial charge on any atom is -0.352 e. The molecule has 0 amide bonds. The predicted octanol–water partition coefficient (Wildman–Crippen LogP) is 3.88. The fraction of sp³-hybridized carbons (Fsp3) is 0.0909. The van der Waals surface area contributed by atoms with E-state index in [0.29, 0.717) is 17.7 Å². The summed E-state index contributed by atoms with van der Waals surface area (Å²) < 4.78 is 7.05. The Morgan fingerprint density at radius 1 is 1.11 bits per heavy atom. The molecule has 28 heavy (non-hydrogen) atoms. The van der Waals surface area contributed by atoms with E-state index >= 15 is 0 Å². The van der Waals surface area contributed by atoms with Crippen LogP contribution in [0.25, 0.3) is 11.3 Å². The van der Waals surface area contributed by atoms with Crippen LogP contribution < -0.4 is 0 Å². The summed E-state index contributed by atoms with van der Waals surface area (Å²) in [5, 5.41) is 12.9. The first kappa shape index (κ1) is 17.4. The van der Waals surface area contributed by atoms with Crippen LogP contribution in [0.2, 0.25) is 0 Å². The fourth-order valence-corrected chi connectivity index (χ4v) is 2.93. The van der Waals surface area contributed by atoms with Crippen molar-refractivity contribution in [1.29, 1.82) is 5.26 Å². The van der Waals surface area contributed by atoms with Gasteiger partial charge in [0.2, 0.25) is 11.5 Å². The second kappa shape index (κ2) is 7.72. The first-order valence-corrected chi connectivity index (χ1v) is 8.76. The lowest BCUT2D eigenvalue weighted by Crippen LogP contribution is -2.11. The van der Waals surface area contributed by atoms with Crippen LogP contribution in [0.5, 0.6) is 0 Å². The Balaban J connectivity index is 1.48. The summed E-state index contributed by atoms with van der Waals surface area (Å²) in [6.07, 6.45) is 3.98. The van der Waals surface area contributed by atoms with E-state index in [4.69, 9.17) is 9.78 Å². The number of imidazole rings is 1. The van der Waals surface area contributed by atoms with Gasteiger partial charge in [-0.2, -0.15) is 5.26 Å². The molecular weight excluding hydrogens is 352 g/mol. The number of Topliss-reactive ketones (excluding diaryl/α,β-unsaturated/α-hetero) is 1. The maximum absolute atomic E-state index is 12.6. The van der Waals surface area contributed by atoms with Crippen molar-refractivity contribution < 1.29 is 9.32 Å². The highest BCUT2D eigenvalue weighted by atomic mass is 16.5. The Morgan fingerprint density at radius 3 is 2.64 bits per heavy atom. The molecule has 4 aromatic rings. The average molecular weight is 368 g/mol. The molecule has 0 aliphatic rings. The van der Waals surface area contributed by atoms with Crippen molar-refractivity contribution in [3.8, 4) is 17.3 Å². The number of nitriles is 1. The van der Waals surface area contributed by atoms with E-state index in [9.17, 15) is 4.79 Å². The van der Waals surface area contributed by atoms with E-state index in [2.05, 4.69) is 16.2 Å². The second-order valence-electron chi connectivity index (χ2n) is 6.36. The molecule has 0 atom stereocenters. The van der Waals surface area contributed by atoms with Crippen LogP contribution in [-0.2, 0) is 13.0 Å². The zero-order chi connectivity index (χ0) is 19.3. The smallest absolute Gasteiger partial charge is 0.220 e. The highest BCUT2D eigenvalue weighted by molar-refractivity contribution is 5.94. The van der Waals surface area contributed by atoms with Gasteiger partial charge in [0.15, 0.2) is 0 Å². The van der Waals surface area contributed by atoms with Crippen LogP contribution in [0, 0.1) is 11.3 Å². The van der Waals surface area contributed by atoms with Gasteiger partial charge in [0.1, 0.15) is 5.69 Å². The zero-order valence-electron chi connectivity index (χ0n) is 14.9. The van der Waals surface area contributed by atoms with Crippen molar-refractivity contribution in [3.05, 3.63) is 95.8 Å². The molecule has 0 radical (unpaired) electrons. The predicted molar refractivity (Wildman–Crippen MR) is 102 cm³/mol. The molecule has 2 heterocycles. The van der Waals surface area contributed by atoms with Crippen LogP contribution >= 0.6 is 0 Å². The normalized spacial score (nSPS) is 10.5. The SMILES string of the molecule is N#Cc1ccc(Cc2cncn2CC(=O)c2cc(-c3ccccc3)no2)cc1. The molecule has 0 aliphatic heterocycles. The van der Waals surface area contributed by atoms with Gasteiger partial charge in [0, 0.05) is 29.9 Å². The highest BCUT2D eigenvalue weighted by Gasteiger charge is 2.16. The third-order valence-electron chi connectivity index (χ3n) is 4.44. The van der Waals surface area contributed by atoms with Crippen LogP contribution in [0.1, 0.15) is 27.4 Å². The third-order valence-corrected chi connectivity index (χ3v) is 4.44. The summed E-state index contributed by atoms with van der Waals surface area (Å²) in [5.41, 5.74) is 4.09. The van der Waals surface area contributed by atoms with E-state index < -0.39 is 0 Å². The van der Waals surface area contributed by atoms with E-state index in [1.54, 1.807) is 35.3 Å². The van der Waals surface area contributed by atoms with Gasteiger partial charge in [-0.15, -0.1) is 0 Å². The van der Waals surface area contributed by atoms with Crippen molar-refractivity contribution in [2.75, 3.05) is 0 Å².